The summed E-state index contributed by atoms with van der Waals surface area (Å²) in [5, 5.41) is 1.04. The number of quaternary nitrogens is 1. The van der Waals surface area contributed by atoms with E-state index in [0.29, 0.717) is 0 Å². The molecular weight excluding hydrogens is 382 g/mol. The largest absolute Gasteiger partial charge is 0.351 e. The number of nitrogens with zero attached hydrogens (tertiary/aromatic N) is 4. The monoisotopic (exact) mass is 408 g/mol. The number of amides is 1. The lowest BCUT2D eigenvalue weighted by molar-refractivity contribution is -0.883. The molecule has 0 spiro atoms. The molecule has 1 aromatic carbocycles. The lowest BCUT2D eigenvalue weighted by atomic mass is 9.99. The van der Waals surface area contributed by atoms with Crippen molar-refractivity contribution in [1.29, 1.82) is 0 Å². The van der Waals surface area contributed by atoms with Crippen molar-refractivity contribution >= 4 is 33.3 Å². The molecule has 1 amide bonds. The smallest absolute Gasteiger partial charge is 0.264 e. The Kier molecular flexibility index (Phi) is 4.72. The number of carbonyl (C=O) groups is 1. The molecule has 2 aliphatic rings. The normalized spacial score (nSPS) is 17.6. The first-order valence-electron chi connectivity index (χ1n) is 10.3. The number of thiophene rings is 1. The van der Waals surface area contributed by atoms with E-state index in [-0.39, 0.29) is 5.91 Å². The third-order valence-electron chi connectivity index (χ3n) is 6.24. The number of hydrogen-bond donors (Lipinski definition) is 1. The summed E-state index contributed by atoms with van der Waals surface area (Å²) >= 11 is 1.51. The fourth-order valence-electron chi connectivity index (χ4n) is 4.41. The van der Waals surface area contributed by atoms with Gasteiger partial charge in [-0.1, -0.05) is 24.3 Å². The van der Waals surface area contributed by atoms with Gasteiger partial charge in [0.05, 0.1) is 43.5 Å². The zero-order valence-corrected chi connectivity index (χ0v) is 17.8. The molecule has 5 rings (SSSR count). The lowest BCUT2D eigenvalue weighted by Crippen LogP contribution is -3.12. The van der Waals surface area contributed by atoms with Gasteiger partial charge in [0.25, 0.3) is 5.91 Å². The van der Waals surface area contributed by atoms with Crippen molar-refractivity contribution < 1.29 is 9.69 Å². The highest BCUT2D eigenvalue weighted by Gasteiger charge is 2.28. The van der Waals surface area contributed by atoms with E-state index < -0.39 is 0 Å². The third kappa shape index (κ3) is 3.28. The van der Waals surface area contributed by atoms with Crippen LogP contribution in [0.1, 0.15) is 26.4 Å². The Balaban J connectivity index is 1.50. The minimum absolute atomic E-state index is 0.146. The summed E-state index contributed by atoms with van der Waals surface area (Å²) in [6.45, 7) is 7.49. The molecule has 7 heteroatoms. The van der Waals surface area contributed by atoms with E-state index in [1.165, 1.54) is 27.4 Å². The highest BCUT2D eigenvalue weighted by molar-refractivity contribution is 7.20. The van der Waals surface area contributed by atoms with Gasteiger partial charge in [-0.05, 0) is 30.0 Å². The van der Waals surface area contributed by atoms with E-state index in [4.69, 9.17) is 0 Å². The van der Waals surface area contributed by atoms with Crippen LogP contribution in [0.25, 0.3) is 10.2 Å². The number of rotatable bonds is 2. The molecule has 6 nitrogen and oxygen atoms in total. The van der Waals surface area contributed by atoms with Gasteiger partial charge >= 0.3 is 0 Å². The molecule has 3 aromatic rings. The zero-order valence-electron chi connectivity index (χ0n) is 16.9. The van der Waals surface area contributed by atoms with Crippen molar-refractivity contribution in [3.05, 3.63) is 52.2 Å². The van der Waals surface area contributed by atoms with Crippen molar-refractivity contribution in [2.45, 2.75) is 19.9 Å². The van der Waals surface area contributed by atoms with Crippen molar-refractivity contribution in [3.63, 3.8) is 0 Å². The number of hydrogen-bond acceptors (Lipinski definition) is 5. The highest BCUT2D eigenvalue weighted by atomic mass is 32.1. The summed E-state index contributed by atoms with van der Waals surface area (Å²) in [6, 6.07) is 8.62. The summed E-state index contributed by atoms with van der Waals surface area (Å²) in [4.78, 5) is 29.9. The number of nitrogens with one attached hydrogen (secondary N) is 1. The molecule has 4 heterocycles. The third-order valence-corrected chi connectivity index (χ3v) is 7.42. The van der Waals surface area contributed by atoms with Gasteiger partial charge in [0.2, 0.25) is 0 Å². The summed E-state index contributed by atoms with van der Waals surface area (Å²) in [6.07, 6.45) is 2.65. The molecule has 0 unspecified atom stereocenters. The first-order valence-corrected chi connectivity index (χ1v) is 11.1. The molecule has 2 aliphatic heterocycles. The van der Waals surface area contributed by atoms with Crippen molar-refractivity contribution in [1.82, 2.24) is 14.9 Å². The maximum atomic E-state index is 13.2. The molecular formula is C22H26N5OS+. The van der Waals surface area contributed by atoms with Gasteiger partial charge in [-0.2, -0.15) is 0 Å². The quantitative estimate of drug-likeness (QED) is 0.699. The summed E-state index contributed by atoms with van der Waals surface area (Å²) < 4.78 is 0. The Morgan fingerprint density at radius 2 is 1.86 bits per heavy atom. The zero-order chi connectivity index (χ0) is 20.0. The molecule has 2 aromatic heterocycles. The average Bonchev–Trinajstić information content (AvgIpc) is 3.10. The molecule has 0 saturated carbocycles. The standard InChI is InChI=1S/C22H25N5OS/c1-15-18-20(27-8-7-16-5-3-4-6-17(16)13-27)23-14-24-21(18)29-19(15)22(28)26-11-9-25(2)10-12-26/h3-6,14H,7-13H2,1-2H3/p+1. The lowest BCUT2D eigenvalue weighted by Gasteiger charge is -2.30. The van der Waals surface area contributed by atoms with E-state index >= 15 is 0 Å². The highest BCUT2D eigenvalue weighted by Crippen LogP contribution is 2.37. The maximum absolute atomic E-state index is 13.2. The van der Waals surface area contributed by atoms with Gasteiger partial charge in [0, 0.05) is 13.1 Å². The molecule has 0 aliphatic carbocycles. The topological polar surface area (TPSA) is 53.8 Å². The first-order chi connectivity index (χ1) is 14.1. The van der Waals surface area contributed by atoms with Crippen LogP contribution in [0.2, 0.25) is 0 Å². The van der Waals surface area contributed by atoms with Crippen LogP contribution in [0, 0.1) is 6.92 Å². The minimum Gasteiger partial charge on any atom is -0.351 e. The van der Waals surface area contributed by atoms with E-state index in [2.05, 4.69) is 53.1 Å². The van der Waals surface area contributed by atoms with Crippen LogP contribution in [0.4, 0.5) is 5.82 Å². The molecule has 1 fully saturated rings. The van der Waals surface area contributed by atoms with Crippen LogP contribution in [0.3, 0.4) is 0 Å². The minimum atomic E-state index is 0.146. The van der Waals surface area contributed by atoms with Gasteiger partial charge in [-0.15, -0.1) is 11.3 Å². The Hall–Kier alpha value is -2.51. The summed E-state index contributed by atoms with van der Waals surface area (Å²) in [5.74, 6) is 1.10. The van der Waals surface area contributed by atoms with E-state index in [1.807, 2.05) is 4.90 Å². The second-order valence-corrected chi connectivity index (χ2v) is 9.12. The van der Waals surface area contributed by atoms with Crippen LogP contribution in [-0.4, -0.2) is 60.5 Å². The number of anilines is 1. The van der Waals surface area contributed by atoms with Crippen molar-refractivity contribution in [2.75, 3.05) is 44.7 Å². The number of benzene rings is 1. The van der Waals surface area contributed by atoms with Crippen LogP contribution in [-0.2, 0) is 13.0 Å². The maximum Gasteiger partial charge on any atom is 0.264 e. The molecule has 1 N–H and O–H groups in total. The number of piperazine rings is 1. The van der Waals surface area contributed by atoms with Gasteiger partial charge in [0.15, 0.2) is 0 Å². The second-order valence-electron chi connectivity index (χ2n) is 8.12. The Morgan fingerprint density at radius 1 is 1.10 bits per heavy atom. The van der Waals surface area contributed by atoms with Crippen LogP contribution >= 0.6 is 11.3 Å². The molecule has 1 saturated heterocycles. The van der Waals surface area contributed by atoms with Crippen LogP contribution < -0.4 is 9.80 Å². The van der Waals surface area contributed by atoms with Crippen LogP contribution in [0.5, 0.6) is 0 Å². The SMILES string of the molecule is Cc1c(C(=O)N2CC[NH+](C)CC2)sc2ncnc(N3CCc4ccccc4C3)c12. The molecule has 0 bridgehead atoms. The number of aromatic nitrogens is 2. The summed E-state index contributed by atoms with van der Waals surface area (Å²) in [5.41, 5.74) is 3.80. The van der Waals surface area contributed by atoms with Gasteiger partial charge < -0.3 is 14.7 Å². The van der Waals surface area contributed by atoms with E-state index in [0.717, 1.165) is 72.2 Å². The van der Waals surface area contributed by atoms with Gasteiger partial charge in [-0.25, -0.2) is 9.97 Å². The average molecular weight is 409 g/mol. The van der Waals surface area contributed by atoms with Gasteiger partial charge in [0.1, 0.15) is 17.0 Å². The Bertz CT molecular complexity index is 1070. The number of aryl methyl sites for hydroxylation is 1. The predicted molar refractivity (Wildman–Crippen MR) is 116 cm³/mol. The first kappa shape index (κ1) is 18.5. The van der Waals surface area contributed by atoms with Crippen LogP contribution in [0.15, 0.2) is 30.6 Å². The Morgan fingerprint density at radius 3 is 2.66 bits per heavy atom. The molecule has 150 valence electrons. The second kappa shape index (κ2) is 7.39. The number of carbonyl (C=O) groups excluding carboxylic acids is 1. The summed E-state index contributed by atoms with van der Waals surface area (Å²) in [7, 11) is 2.19. The van der Waals surface area contributed by atoms with Gasteiger partial charge in [-0.3, -0.25) is 4.79 Å². The number of fused-ring (bicyclic) bond motifs is 2. The van der Waals surface area contributed by atoms with E-state index in [9.17, 15) is 4.79 Å². The van der Waals surface area contributed by atoms with E-state index in [1.54, 1.807) is 6.33 Å². The Labute approximate surface area is 174 Å². The number of likely N-dealkylation sites (N-methyl/N-ethyl adjacent to an activating group) is 1. The molecule has 0 radical (unpaired) electrons. The fourth-order valence-corrected chi connectivity index (χ4v) is 5.52. The molecule has 29 heavy (non-hydrogen) atoms. The van der Waals surface area contributed by atoms with Crippen molar-refractivity contribution in [3.8, 4) is 0 Å². The van der Waals surface area contributed by atoms with Crippen molar-refractivity contribution in [2.24, 2.45) is 0 Å². The predicted octanol–water partition coefficient (Wildman–Crippen LogP) is 1.53. The molecule has 0 atom stereocenters. The fraction of sp³-hybridized carbons (Fsp3) is 0.409.